The van der Waals surface area contributed by atoms with E-state index in [-0.39, 0.29) is 11.9 Å². The summed E-state index contributed by atoms with van der Waals surface area (Å²) in [4.78, 5) is 30.5. The summed E-state index contributed by atoms with van der Waals surface area (Å²) >= 11 is 0. The highest BCUT2D eigenvalue weighted by Crippen LogP contribution is 2.26. The summed E-state index contributed by atoms with van der Waals surface area (Å²) in [6.07, 6.45) is 1.54. The molecule has 0 spiro atoms. The van der Waals surface area contributed by atoms with Crippen molar-refractivity contribution in [3.05, 3.63) is 53.6 Å². The number of nitrogens with zero attached hydrogens (tertiary/aromatic N) is 3. The maximum atomic E-state index is 12.6. The zero-order chi connectivity index (χ0) is 23.2. The standard InChI is InChI=1S/C25H32N4O4/c1-32-22-9-10-23(33-2)20(16-22)18-27-12-14-28(15-13-27)25(31)26-17-19-5-7-21(8-6-19)29-11-3-4-24(29)30/h5-10,16H,3-4,11-15,17-18H2,1-2H3,(H,26,31). The van der Waals surface area contributed by atoms with Crippen LogP contribution in [0.1, 0.15) is 24.0 Å². The zero-order valence-electron chi connectivity index (χ0n) is 19.4. The van der Waals surface area contributed by atoms with Gasteiger partial charge in [0.1, 0.15) is 11.5 Å². The monoisotopic (exact) mass is 452 g/mol. The van der Waals surface area contributed by atoms with E-state index in [4.69, 9.17) is 9.47 Å². The summed E-state index contributed by atoms with van der Waals surface area (Å²) < 4.78 is 10.8. The van der Waals surface area contributed by atoms with Crippen LogP contribution < -0.4 is 19.7 Å². The molecular weight excluding hydrogens is 420 g/mol. The average molecular weight is 453 g/mol. The average Bonchev–Trinajstić information content (AvgIpc) is 3.29. The molecule has 176 valence electrons. The van der Waals surface area contributed by atoms with Crippen molar-refractivity contribution in [2.24, 2.45) is 0 Å². The van der Waals surface area contributed by atoms with Gasteiger partial charge in [-0.2, -0.15) is 0 Å². The Labute approximate surface area is 195 Å². The van der Waals surface area contributed by atoms with Crippen LogP contribution >= 0.6 is 0 Å². The second-order valence-corrected chi connectivity index (χ2v) is 8.42. The van der Waals surface area contributed by atoms with Crippen molar-refractivity contribution < 1.29 is 19.1 Å². The minimum Gasteiger partial charge on any atom is -0.497 e. The first-order valence-corrected chi connectivity index (χ1v) is 11.4. The van der Waals surface area contributed by atoms with Gasteiger partial charge in [-0.1, -0.05) is 12.1 Å². The van der Waals surface area contributed by atoms with Gasteiger partial charge in [-0.15, -0.1) is 0 Å². The molecule has 0 bridgehead atoms. The molecule has 0 atom stereocenters. The first-order chi connectivity index (χ1) is 16.1. The normalized spacial score (nSPS) is 16.7. The number of hydrogen-bond donors (Lipinski definition) is 1. The van der Waals surface area contributed by atoms with Gasteiger partial charge in [0.05, 0.1) is 14.2 Å². The SMILES string of the molecule is COc1ccc(OC)c(CN2CCN(C(=O)NCc3ccc(N4CCCC4=O)cc3)CC2)c1. The summed E-state index contributed by atoms with van der Waals surface area (Å²) in [5.41, 5.74) is 3.02. The Bertz CT molecular complexity index is 971. The minimum absolute atomic E-state index is 0.0487. The molecule has 0 unspecified atom stereocenters. The van der Waals surface area contributed by atoms with Gasteiger partial charge in [0.15, 0.2) is 0 Å². The molecule has 33 heavy (non-hydrogen) atoms. The fourth-order valence-electron chi connectivity index (χ4n) is 4.36. The highest BCUT2D eigenvalue weighted by Gasteiger charge is 2.23. The van der Waals surface area contributed by atoms with Gasteiger partial charge in [0.25, 0.3) is 0 Å². The Hall–Kier alpha value is -3.26. The molecule has 2 aliphatic rings. The second-order valence-electron chi connectivity index (χ2n) is 8.42. The predicted molar refractivity (Wildman–Crippen MR) is 127 cm³/mol. The van der Waals surface area contributed by atoms with Crippen molar-refractivity contribution in [2.75, 3.05) is 51.8 Å². The van der Waals surface area contributed by atoms with Crippen molar-refractivity contribution in [3.63, 3.8) is 0 Å². The molecule has 2 aromatic carbocycles. The summed E-state index contributed by atoms with van der Waals surface area (Å²) in [5, 5.41) is 3.02. The number of rotatable bonds is 7. The zero-order valence-corrected chi connectivity index (χ0v) is 19.4. The smallest absolute Gasteiger partial charge is 0.317 e. The lowest BCUT2D eigenvalue weighted by atomic mass is 10.1. The number of benzene rings is 2. The number of carbonyl (C=O) groups excluding carboxylic acids is 2. The van der Waals surface area contributed by atoms with Gasteiger partial charge in [-0.25, -0.2) is 4.79 Å². The van der Waals surface area contributed by atoms with Crippen molar-refractivity contribution in [1.29, 1.82) is 0 Å². The predicted octanol–water partition coefficient (Wildman–Crippen LogP) is 2.86. The van der Waals surface area contributed by atoms with Crippen LogP contribution in [-0.4, -0.2) is 68.7 Å². The van der Waals surface area contributed by atoms with Gasteiger partial charge < -0.3 is 24.6 Å². The Kier molecular flexibility index (Phi) is 7.34. The van der Waals surface area contributed by atoms with Gasteiger partial charge in [-0.3, -0.25) is 9.69 Å². The number of hydrogen-bond acceptors (Lipinski definition) is 5. The summed E-state index contributed by atoms with van der Waals surface area (Å²) in [6.45, 7) is 4.95. The molecule has 0 aromatic heterocycles. The molecule has 1 N–H and O–H groups in total. The fraction of sp³-hybridized carbons (Fsp3) is 0.440. The number of ether oxygens (including phenoxy) is 2. The lowest BCUT2D eigenvalue weighted by molar-refractivity contribution is -0.117. The molecule has 3 amide bonds. The van der Waals surface area contributed by atoms with Crippen LogP contribution in [0.5, 0.6) is 11.5 Å². The molecule has 2 fully saturated rings. The van der Waals surface area contributed by atoms with E-state index in [0.717, 1.165) is 60.9 Å². The molecule has 0 radical (unpaired) electrons. The van der Waals surface area contributed by atoms with Crippen molar-refractivity contribution in [3.8, 4) is 11.5 Å². The first kappa shape index (κ1) is 22.9. The van der Waals surface area contributed by atoms with Crippen LogP contribution in [0.15, 0.2) is 42.5 Å². The molecule has 2 aromatic rings. The maximum Gasteiger partial charge on any atom is 0.317 e. The van der Waals surface area contributed by atoms with Crippen molar-refractivity contribution >= 4 is 17.6 Å². The lowest BCUT2D eigenvalue weighted by Gasteiger charge is -2.35. The molecular formula is C25H32N4O4. The van der Waals surface area contributed by atoms with E-state index in [1.54, 1.807) is 14.2 Å². The topological polar surface area (TPSA) is 74.4 Å². The van der Waals surface area contributed by atoms with Crippen LogP contribution in [-0.2, 0) is 17.9 Å². The van der Waals surface area contributed by atoms with Crippen molar-refractivity contribution in [1.82, 2.24) is 15.1 Å². The van der Waals surface area contributed by atoms with Crippen LogP contribution in [0.2, 0.25) is 0 Å². The summed E-state index contributed by atoms with van der Waals surface area (Å²) in [6, 6.07) is 13.6. The number of nitrogens with one attached hydrogen (secondary N) is 1. The minimum atomic E-state index is -0.0487. The molecule has 2 aliphatic heterocycles. The van der Waals surface area contributed by atoms with Gasteiger partial charge >= 0.3 is 6.03 Å². The number of methoxy groups -OCH3 is 2. The van der Waals surface area contributed by atoms with E-state index < -0.39 is 0 Å². The van der Waals surface area contributed by atoms with Gasteiger partial charge in [0.2, 0.25) is 5.91 Å². The Morgan fingerprint density at radius 3 is 2.36 bits per heavy atom. The number of carbonyl (C=O) groups is 2. The van der Waals surface area contributed by atoms with E-state index in [1.165, 1.54) is 0 Å². The van der Waals surface area contributed by atoms with E-state index in [0.29, 0.717) is 26.1 Å². The third-order valence-corrected chi connectivity index (χ3v) is 6.31. The molecule has 2 saturated heterocycles. The molecule has 2 heterocycles. The number of amides is 3. The van der Waals surface area contributed by atoms with E-state index in [1.807, 2.05) is 52.3 Å². The molecule has 8 nitrogen and oxygen atoms in total. The Balaban J connectivity index is 1.24. The lowest BCUT2D eigenvalue weighted by Crippen LogP contribution is -2.51. The van der Waals surface area contributed by atoms with E-state index >= 15 is 0 Å². The molecule has 8 heteroatoms. The third kappa shape index (κ3) is 5.57. The highest BCUT2D eigenvalue weighted by molar-refractivity contribution is 5.95. The third-order valence-electron chi connectivity index (χ3n) is 6.31. The molecule has 0 aliphatic carbocycles. The number of urea groups is 1. The highest BCUT2D eigenvalue weighted by atomic mass is 16.5. The van der Waals surface area contributed by atoms with Gasteiger partial charge in [0, 0.05) is 63.5 Å². The molecule has 0 saturated carbocycles. The Morgan fingerprint density at radius 1 is 0.970 bits per heavy atom. The summed E-state index contributed by atoms with van der Waals surface area (Å²) in [7, 11) is 3.33. The number of piperazine rings is 1. The van der Waals surface area contributed by atoms with Crippen LogP contribution in [0.3, 0.4) is 0 Å². The van der Waals surface area contributed by atoms with Crippen LogP contribution in [0, 0.1) is 0 Å². The quantitative estimate of drug-likeness (QED) is 0.699. The largest absolute Gasteiger partial charge is 0.497 e. The number of anilines is 1. The molecule has 4 rings (SSSR count). The fourth-order valence-corrected chi connectivity index (χ4v) is 4.36. The summed E-state index contributed by atoms with van der Waals surface area (Å²) in [5.74, 6) is 1.83. The van der Waals surface area contributed by atoms with Crippen LogP contribution in [0.25, 0.3) is 0 Å². The second kappa shape index (κ2) is 10.6. The maximum absolute atomic E-state index is 12.6. The van der Waals surface area contributed by atoms with Gasteiger partial charge in [-0.05, 0) is 42.3 Å². The first-order valence-electron chi connectivity index (χ1n) is 11.4. The Morgan fingerprint density at radius 2 is 1.73 bits per heavy atom. The van der Waals surface area contributed by atoms with E-state index in [2.05, 4.69) is 10.2 Å². The van der Waals surface area contributed by atoms with E-state index in [9.17, 15) is 9.59 Å². The van der Waals surface area contributed by atoms with Crippen LogP contribution in [0.4, 0.5) is 10.5 Å². The van der Waals surface area contributed by atoms with Crippen molar-refractivity contribution in [2.45, 2.75) is 25.9 Å².